The summed E-state index contributed by atoms with van der Waals surface area (Å²) >= 11 is 0. The van der Waals surface area contributed by atoms with Gasteiger partial charge in [-0.3, -0.25) is 9.59 Å². The topological polar surface area (TPSA) is 55.8 Å². The number of esters is 2. The fourth-order valence-electron chi connectivity index (χ4n) is 6.97. The van der Waals surface area contributed by atoms with Gasteiger partial charge in [-0.2, -0.15) is 0 Å². The smallest absolute Gasteiger partial charge is 0.305 e. The molecule has 0 aromatic rings. The maximum atomic E-state index is 12.3. The molecule has 5 heteroatoms. The number of carbonyl (C=O) groups excluding carboxylic acids is 2. The Bertz CT molecular complexity index is 777. The zero-order chi connectivity index (χ0) is 37.6. The summed E-state index contributed by atoms with van der Waals surface area (Å²) in [5.74, 6) is 4.37. The Morgan fingerprint density at radius 1 is 0.440 bits per heavy atom. The molecule has 0 N–H and O–H groups in total. The number of carbonyl (C=O) groups is 2. The van der Waals surface area contributed by atoms with Crippen molar-refractivity contribution in [2.75, 3.05) is 33.9 Å². The van der Waals surface area contributed by atoms with Crippen molar-refractivity contribution in [1.82, 2.24) is 4.90 Å². The third kappa shape index (κ3) is 31.6. The van der Waals surface area contributed by atoms with Gasteiger partial charge in [-0.1, -0.05) is 158 Å². The Hall–Kier alpha value is -1.10. The molecule has 0 aliphatic rings. The maximum absolute atomic E-state index is 12.3. The monoisotopic (exact) mass is 708 g/mol. The molecule has 0 aromatic carbocycles. The van der Waals surface area contributed by atoms with Crippen molar-refractivity contribution >= 4 is 11.9 Å². The Morgan fingerprint density at radius 2 is 0.780 bits per heavy atom. The summed E-state index contributed by atoms with van der Waals surface area (Å²) in [4.78, 5) is 26.9. The summed E-state index contributed by atoms with van der Waals surface area (Å²) < 4.78 is 11.3. The summed E-state index contributed by atoms with van der Waals surface area (Å²) in [6.07, 6.45) is 27.2. The Balaban J connectivity index is 4.12. The lowest BCUT2D eigenvalue weighted by molar-refractivity contribution is -0.146. The molecule has 298 valence electrons. The van der Waals surface area contributed by atoms with E-state index in [4.69, 9.17) is 9.47 Å². The average molecular weight is 708 g/mol. The van der Waals surface area contributed by atoms with Crippen molar-refractivity contribution < 1.29 is 19.1 Å². The first-order valence-electron chi connectivity index (χ1n) is 21.8. The molecule has 0 heterocycles. The molecule has 0 aliphatic heterocycles. The van der Waals surface area contributed by atoms with Gasteiger partial charge in [-0.15, -0.1) is 0 Å². The highest BCUT2D eigenvalue weighted by atomic mass is 16.5. The molecule has 50 heavy (non-hydrogen) atoms. The van der Waals surface area contributed by atoms with Gasteiger partial charge in [0.15, 0.2) is 0 Å². The molecule has 0 fully saturated rings. The van der Waals surface area contributed by atoms with Crippen LogP contribution in [0.5, 0.6) is 0 Å². The van der Waals surface area contributed by atoms with E-state index in [1.54, 1.807) is 0 Å². The summed E-state index contributed by atoms with van der Waals surface area (Å²) in [5.41, 5.74) is 0. The molecule has 0 amide bonds. The first kappa shape index (κ1) is 48.9. The molecule has 0 radical (unpaired) electrons. The average Bonchev–Trinajstić information content (AvgIpc) is 3.04. The largest absolute Gasteiger partial charge is 0.465 e. The second-order valence-electron chi connectivity index (χ2n) is 17.8. The van der Waals surface area contributed by atoms with Crippen molar-refractivity contribution in [1.29, 1.82) is 0 Å². The lowest BCUT2D eigenvalue weighted by Crippen LogP contribution is -2.19. The minimum atomic E-state index is -0.000391. The predicted octanol–water partition coefficient (Wildman–Crippen LogP) is 13.1. The van der Waals surface area contributed by atoms with Crippen LogP contribution in [0.3, 0.4) is 0 Å². The van der Waals surface area contributed by atoms with Gasteiger partial charge >= 0.3 is 11.9 Å². The van der Waals surface area contributed by atoms with Crippen LogP contribution >= 0.6 is 0 Å². The fourth-order valence-corrected chi connectivity index (χ4v) is 6.97. The van der Waals surface area contributed by atoms with E-state index < -0.39 is 0 Å². The van der Waals surface area contributed by atoms with Gasteiger partial charge < -0.3 is 14.4 Å². The lowest BCUT2D eigenvalue weighted by atomic mass is 9.89. The van der Waals surface area contributed by atoms with Gasteiger partial charge in [0, 0.05) is 12.8 Å². The van der Waals surface area contributed by atoms with Crippen molar-refractivity contribution in [3.63, 3.8) is 0 Å². The van der Waals surface area contributed by atoms with E-state index >= 15 is 0 Å². The highest BCUT2D eigenvalue weighted by molar-refractivity contribution is 5.69. The van der Waals surface area contributed by atoms with E-state index in [9.17, 15) is 9.59 Å². The SMILES string of the molecule is CC(C)CCC(COC(=O)CCCCCCCCCC(CCCCCCCC(=O)OCC(CCC(C)C)C(C)C)CCCCN(C)C)C(C)C. The normalized spacial score (nSPS) is 13.9. The molecule has 0 saturated heterocycles. The van der Waals surface area contributed by atoms with Gasteiger partial charge in [0.2, 0.25) is 0 Å². The molecule has 0 aliphatic carbocycles. The molecule has 0 aromatic heterocycles. The summed E-state index contributed by atoms with van der Waals surface area (Å²) in [6, 6.07) is 0. The minimum absolute atomic E-state index is 0.000391. The number of ether oxygens (including phenoxy) is 2. The third-order valence-electron chi connectivity index (χ3n) is 11.0. The first-order chi connectivity index (χ1) is 23.8. The van der Waals surface area contributed by atoms with Gasteiger partial charge in [0.1, 0.15) is 0 Å². The van der Waals surface area contributed by atoms with Crippen LogP contribution in [-0.2, 0) is 19.1 Å². The Kier molecular flexibility index (Phi) is 31.8. The standard InChI is InChI=1S/C45H89NO4/c1-37(2)30-32-42(39(5)6)35-49-44(47)28-21-17-13-11-12-15-19-25-41(27-23-24-34-46(9)10)26-20-16-14-18-22-29-45(48)50-36-43(40(7)8)33-31-38(3)4/h37-43H,11-36H2,1-10H3. The van der Waals surface area contributed by atoms with Crippen LogP contribution in [0.4, 0.5) is 0 Å². The summed E-state index contributed by atoms with van der Waals surface area (Å²) in [7, 11) is 4.36. The van der Waals surface area contributed by atoms with Crippen LogP contribution < -0.4 is 0 Å². The van der Waals surface area contributed by atoms with E-state index in [1.165, 1.54) is 103 Å². The molecule has 3 unspecified atom stereocenters. The van der Waals surface area contributed by atoms with Crippen LogP contribution in [0.25, 0.3) is 0 Å². The van der Waals surface area contributed by atoms with Gasteiger partial charge in [0.25, 0.3) is 0 Å². The quantitative estimate of drug-likeness (QED) is 0.0485. The van der Waals surface area contributed by atoms with E-state index in [1.807, 2.05) is 0 Å². The summed E-state index contributed by atoms with van der Waals surface area (Å²) in [5, 5.41) is 0. The van der Waals surface area contributed by atoms with Gasteiger partial charge in [0.05, 0.1) is 13.2 Å². The fraction of sp³-hybridized carbons (Fsp3) is 0.956. The van der Waals surface area contributed by atoms with Crippen molar-refractivity contribution in [2.45, 2.75) is 203 Å². The molecular formula is C45H89NO4. The second kappa shape index (κ2) is 32.5. The molecule has 0 spiro atoms. The van der Waals surface area contributed by atoms with Crippen molar-refractivity contribution in [2.24, 2.45) is 41.4 Å². The van der Waals surface area contributed by atoms with Gasteiger partial charge in [-0.05, 0) is 94.2 Å². The van der Waals surface area contributed by atoms with Crippen LogP contribution in [0.1, 0.15) is 203 Å². The lowest BCUT2D eigenvalue weighted by Gasteiger charge is -2.21. The van der Waals surface area contributed by atoms with Crippen molar-refractivity contribution in [3.8, 4) is 0 Å². The summed E-state index contributed by atoms with van der Waals surface area (Å²) in [6.45, 7) is 20.4. The third-order valence-corrected chi connectivity index (χ3v) is 11.0. The maximum Gasteiger partial charge on any atom is 0.305 e. The molecular weight excluding hydrogens is 618 g/mol. The van der Waals surface area contributed by atoms with E-state index in [2.05, 4.69) is 74.4 Å². The molecule has 0 saturated carbocycles. The number of hydrogen-bond acceptors (Lipinski definition) is 5. The highest BCUT2D eigenvalue weighted by Gasteiger charge is 2.18. The highest BCUT2D eigenvalue weighted by Crippen LogP contribution is 2.25. The Morgan fingerprint density at radius 3 is 1.12 bits per heavy atom. The van der Waals surface area contributed by atoms with Gasteiger partial charge in [-0.25, -0.2) is 0 Å². The second-order valence-corrected chi connectivity index (χ2v) is 17.8. The van der Waals surface area contributed by atoms with Crippen LogP contribution in [0, 0.1) is 41.4 Å². The number of nitrogens with zero attached hydrogens (tertiary/aromatic N) is 1. The number of hydrogen-bond donors (Lipinski definition) is 0. The predicted molar refractivity (Wildman–Crippen MR) is 216 cm³/mol. The van der Waals surface area contributed by atoms with Crippen LogP contribution in [-0.4, -0.2) is 50.7 Å². The van der Waals surface area contributed by atoms with Crippen LogP contribution in [0.2, 0.25) is 0 Å². The zero-order valence-corrected chi connectivity index (χ0v) is 35.5. The molecule has 3 atom stereocenters. The van der Waals surface area contributed by atoms with E-state index in [0.717, 1.165) is 44.4 Å². The first-order valence-corrected chi connectivity index (χ1v) is 21.8. The van der Waals surface area contributed by atoms with E-state index in [-0.39, 0.29) is 11.9 Å². The van der Waals surface area contributed by atoms with Crippen molar-refractivity contribution in [3.05, 3.63) is 0 Å². The number of unbranched alkanes of at least 4 members (excludes halogenated alkanes) is 11. The molecule has 0 rings (SSSR count). The Labute approximate surface area is 313 Å². The molecule has 0 bridgehead atoms. The number of rotatable bonds is 35. The van der Waals surface area contributed by atoms with E-state index in [0.29, 0.717) is 61.6 Å². The zero-order valence-electron chi connectivity index (χ0n) is 35.5. The van der Waals surface area contributed by atoms with Crippen LogP contribution in [0.15, 0.2) is 0 Å². The minimum Gasteiger partial charge on any atom is -0.465 e. The molecule has 5 nitrogen and oxygen atoms in total.